The Morgan fingerprint density at radius 2 is 0.750 bits per heavy atom. The van der Waals surface area contributed by atoms with Gasteiger partial charge in [0.2, 0.25) is 0 Å². The van der Waals surface area contributed by atoms with Crippen molar-refractivity contribution in [3.63, 3.8) is 0 Å². The van der Waals surface area contributed by atoms with Gasteiger partial charge >= 0.3 is 0 Å². The van der Waals surface area contributed by atoms with Crippen molar-refractivity contribution < 1.29 is 0 Å². The molecule has 0 aliphatic rings. The molecule has 11 rings (SSSR count). The molecule has 56 heavy (non-hydrogen) atoms. The number of rotatable bonds is 6. The molecule has 262 valence electrons. The molecular formula is C52H34N4. The Bertz CT molecular complexity index is 3160. The molecule has 0 radical (unpaired) electrons. The lowest BCUT2D eigenvalue weighted by molar-refractivity contribution is 1.08. The van der Waals surface area contributed by atoms with Crippen molar-refractivity contribution in [2.45, 2.75) is 0 Å². The highest BCUT2D eigenvalue weighted by Gasteiger charge is 2.17. The molecular weight excluding hydrogens is 681 g/mol. The highest BCUT2D eigenvalue weighted by Crippen LogP contribution is 2.38. The van der Waals surface area contributed by atoms with E-state index in [9.17, 15) is 0 Å². The lowest BCUT2D eigenvalue weighted by Gasteiger charge is -2.13. The first-order valence-electron chi connectivity index (χ1n) is 19.0. The summed E-state index contributed by atoms with van der Waals surface area (Å²) in [5.74, 6) is 1.82. The third-order valence-electron chi connectivity index (χ3n) is 11.0. The molecule has 0 aliphatic carbocycles. The fraction of sp³-hybridized carbons (Fsp3) is 0. The average molecular weight is 715 g/mol. The van der Waals surface area contributed by atoms with E-state index in [0.717, 1.165) is 56.1 Å². The van der Waals surface area contributed by atoms with Crippen molar-refractivity contribution in [2.75, 3.05) is 0 Å². The van der Waals surface area contributed by atoms with Crippen molar-refractivity contribution >= 4 is 43.6 Å². The van der Waals surface area contributed by atoms with Crippen LogP contribution in [-0.2, 0) is 0 Å². The molecule has 0 atom stereocenters. The van der Waals surface area contributed by atoms with E-state index in [1.165, 1.54) is 43.8 Å². The number of benzene rings is 7. The average Bonchev–Trinajstić information content (AvgIpc) is 3.79. The van der Waals surface area contributed by atoms with Crippen molar-refractivity contribution in [1.82, 2.24) is 19.1 Å². The van der Waals surface area contributed by atoms with Crippen LogP contribution in [0.5, 0.6) is 0 Å². The van der Waals surface area contributed by atoms with Crippen LogP contribution < -0.4 is 0 Å². The Morgan fingerprint density at radius 3 is 1.32 bits per heavy atom. The van der Waals surface area contributed by atoms with Crippen molar-refractivity contribution in [1.29, 1.82) is 0 Å². The zero-order valence-corrected chi connectivity index (χ0v) is 30.4. The first kappa shape index (κ1) is 31.9. The van der Waals surface area contributed by atoms with E-state index in [1.54, 1.807) is 0 Å². The van der Waals surface area contributed by atoms with Gasteiger partial charge in [-0.05, 0) is 94.0 Å². The third-order valence-corrected chi connectivity index (χ3v) is 11.0. The van der Waals surface area contributed by atoms with Gasteiger partial charge in [0.25, 0.3) is 0 Å². The number of pyridine rings is 2. The first-order chi connectivity index (χ1) is 27.8. The van der Waals surface area contributed by atoms with Gasteiger partial charge in [0.15, 0.2) is 0 Å². The van der Waals surface area contributed by atoms with Crippen LogP contribution in [0.25, 0.3) is 99.9 Å². The largest absolute Gasteiger partial charge is 0.294 e. The van der Waals surface area contributed by atoms with Gasteiger partial charge in [-0.15, -0.1) is 0 Å². The predicted octanol–water partition coefficient (Wildman–Crippen LogP) is 13.3. The van der Waals surface area contributed by atoms with Gasteiger partial charge in [-0.25, -0.2) is 9.97 Å². The summed E-state index contributed by atoms with van der Waals surface area (Å²) in [4.78, 5) is 9.98. The zero-order valence-electron chi connectivity index (χ0n) is 30.4. The minimum atomic E-state index is 0.897. The van der Waals surface area contributed by atoms with Crippen LogP contribution >= 0.6 is 0 Å². The number of aromatic nitrogens is 4. The highest BCUT2D eigenvalue weighted by molar-refractivity contribution is 6.11. The third kappa shape index (κ3) is 5.31. The van der Waals surface area contributed by atoms with E-state index in [1.807, 2.05) is 24.4 Å². The summed E-state index contributed by atoms with van der Waals surface area (Å²) in [6.45, 7) is 0. The van der Waals surface area contributed by atoms with Crippen LogP contribution in [0.3, 0.4) is 0 Å². The van der Waals surface area contributed by atoms with Gasteiger partial charge in [-0.1, -0.05) is 140 Å². The second-order valence-electron chi connectivity index (χ2n) is 14.3. The monoisotopic (exact) mass is 714 g/mol. The Balaban J connectivity index is 1.000. The summed E-state index contributed by atoms with van der Waals surface area (Å²) in [6.07, 6.45) is 1.85. The van der Waals surface area contributed by atoms with Gasteiger partial charge in [-0.3, -0.25) is 9.13 Å². The normalized spacial score (nSPS) is 11.6. The summed E-state index contributed by atoms with van der Waals surface area (Å²) in [7, 11) is 0. The molecule has 0 aliphatic heterocycles. The molecule has 0 spiro atoms. The molecule has 4 heteroatoms. The number of para-hydroxylation sites is 2. The van der Waals surface area contributed by atoms with Gasteiger partial charge in [0.05, 0.1) is 27.8 Å². The van der Waals surface area contributed by atoms with Crippen LogP contribution in [0.1, 0.15) is 0 Å². The van der Waals surface area contributed by atoms with E-state index >= 15 is 0 Å². The second kappa shape index (κ2) is 13.1. The quantitative estimate of drug-likeness (QED) is 0.172. The number of fused-ring (bicyclic) bond motifs is 6. The predicted molar refractivity (Wildman–Crippen MR) is 232 cm³/mol. The maximum absolute atomic E-state index is 5.30. The lowest BCUT2D eigenvalue weighted by Crippen LogP contribution is -2.00. The molecule has 0 bridgehead atoms. The molecule has 0 N–H and O–H groups in total. The molecule has 0 unspecified atom stereocenters. The smallest absolute Gasteiger partial charge is 0.138 e. The summed E-state index contributed by atoms with van der Waals surface area (Å²) < 4.78 is 4.57. The highest BCUT2D eigenvalue weighted by atomic mass is 15.1. The van der Waals surface area contributed by atoms with E-state index in [-0.39, 0.29) is 0 Å². The summed E-state index contributed by atoms with van der Waals surface area (Å²) >= 11 is 0. The van der Waals surface area contributed by atoms with E-state index in [0.29, 0.717) is 0 Å². The van der Waals surface area contributed by atoms with Crippen molar-refractivity contribution in [2.24, 2.45) is 0 Å². The number of hydrogen-bond acceptors (Lipinski definition) is 2. The molecule has 0 fully saturated rings. The zero-order chi connectivity index (χ0) is 37.0. The molecule has 11 aromatic rings. The summed E-state index contributed by atoms with van der Waals surface area (Å²) in [5.41, 5.74) is 13.6. The fourth-order valence-electron chi connectivity index (χ4n) is 8.32. The van der Waals surface area contributed by atoms with Crippen molar-refractivity contribution in [3.8, 4) is 56.3 Å². The van der Waals surface area contributed by atoms with E-state index in [2.05, 4.69) is 196 Å². The van der Waals surface area contributed by atoms with Crippen LogP contribution in [0.15, 0.2) is 206 Å². The minimum absolute atomic E-state index is 0.897. The van der Waals surface area contributed by atoms with Crippen LogP contribution in [0, 0.1) is 0 Å². The van der Waals surface area contributed by atoms with Crippen LogP contribution in [-0.4, -0.2) is 19.1 Å². The Hall–Kier alpha value is -7.56. The molecule has 0 saturated heterocycles. The molecule has 0 saturated carbocycles. The summed E-state index contributed by atoms with van der Waals surface area (Å²) in [5, 5.41) is 4.84. The first-order valence-corrected chi connectivity index (χ1v) is 19.0. The molecule has 4 nitrogen and oxygen atoms in total. The number of nitrogens with zero attached hydrogens (tertiary/aromatic N) is 4. The standard InChI is InChI=1S/C52H34N4/c1-3-13-35(14-4-1)41-33-46(38-15-5-2-6-16-38)54-52(34-41)56-48-20-10-8-18-43(48)45-32-40(27-29-50(45)56)37-24-22-36(23-25-37)39-26-28-49-44(31-39)42-17-7-9-19-47(42)55(49)51-21-11-12-30-53-51/h1-34H. The van der Waals surface area contributed by atoms with Crippen LogP contribution in [0.2, 0.25) is 0 Å². The second-order valence-corrected chi connectivity index (χ2v) is 14.3. The van der Waals surface area contributed by atoms with Crippen LogP contribution in [0.4, 0.5) is 0 Å². The van der Waals surface area contributed by atoms with Gasteiger partial charge in [0.1, 0.15) is 11.6 Å². The van der Waals surface area contributed by atoms with Gasteiger partial charge in [0, 0.05) is 33.3 Å². The Morgan fingerprint density at radius 1 is 0.286 bits per heavy atom. The molecule has 0 amide bonds. The topological polar surface area (TPSA) is 35.6 Å². The van der Waals surface area contributed by atoms with Crippen molar-refractivity contribution in [3.05, 3.63) is 206 Å². The Labute approximate surface area is 324 Å². The lowest BCUT2D eigenvalue weighted by atomic mass is 9.98. The fourth-order valence-corrected chi connectivity index (χ4v) is 8.32. The van der Waals surface area contributed by atoms with E-state index in [4.69, 9.17) is 4.98 Å². The molecule has 4 heterocycles. The maximum Gasteiger partial charge on any atom is 0.138 e. The number of hydrogen-bond donors (Lipinski definition) is 0. The minimum Gasteiger partial charge on any atom is -0.294 e. The van der Waals surface area contributed by atoms with E-state index < -0.39 is 0 Å². The van der Waals surface area contributed by atoms with Gasteiger partial charge < -0.3 is 0 Å². The molecule has 4 aromatic heterocycles. The Kier molecular flexibility index (Phi) is 7.46. The maximum atomic E-state index is 5.30. The SMILES string of the molecule is c1ccc(-c2cc(-c3ccccc3)nc(-n3c4ccccc4c4cc(-c5ccc(-c6ccc7c(c6)c6ccccc6n7-c6ccccn6)cc5)ccc43)c2)cc1. The van der Waals surface area contributed by atoms with Gasteiger partial charge in [-0.2, -0.15) is 0 Å². The summed E-state index contributed by atoms with van der Waals surface area (Å²) in [6, 6.07) is 71.3. The molecule has 7 aromatic carbocycles.